The molecule has 3 nitrogen and oxygen atoms in total. The molecule has 1 atom stereocenters. The molecule has 1 unspecified atom stereocenters. The molecule has 0 bridgehead atoms. The van der Waals surface area contributed by atoms with Crippen molar-refractivity contribution in [2.45, 2.75) is 12.8 Å². The van der Waals surface area contributed by atoms with Gasteiger partial charge in [0.05, 0.1) is 0 Å². The molecule has 1 saturated heterocycles. The van der Waals surface area contributed by atoms with Gasteiger partial charge in [-0.05, 0) is 46.8 Å². The van der Waals surface area contributed by atoms with Crippen LogP contribution in [0.5, 0.6) is 0 Å². The maximum atomic E-state index is 8.88. The Bertz CT molecular complexity index is 315. The number of rotatable bonds is 3. The Balaban J connectivity index is 1.98. The van der Waals surface area contributed by atoms with Gasteiger partial charge >= 0.3 is 0 Å². The van der Waals surface area contributed by atoms with Crippen molar-refractivity contribution in [1.82, 2.24) is 4.98 Å². The van der Waals surface area contributed by atoms with Crippen LogP contribution in [0.15, 0.2) is 22.8 Å². The summed E-state index contributed by atoms with van der Waals surface area (Å²) < 4.78 is 1.01. The van der Waals surface area contributed by atoms with E-state index in [0.717, 1.165) is 36.2 Å². The predicted octanol–water partition coefficient (Wildman–Crippen LogP) is 2.05. The average molecular weight is 271 g/mol. The van der Waals surface area contributed by atoms with E-state index in [4.69, 9.17) is 5.11 Å². The van der Waals surface area contributed by atoms with Crippen LogP contribution >= 0.6 is 15.9 Å². The Morgan fingerprint density at radius 2 is 2.40 bits per heavy atom. The summed E-state index contributed by atoms with van der Waals surface area (Å²) in [5, 5.41) is 8.88. The molecule has 0 spiro atoms. The maximum absolute atomic E-state index is 8.88. The van der Waals surface area contributed by atoms with Gasteiger partial charge < -0.3 is 10.0 Å². The van der Waals surface area contributed by atoms with Crippen LogP contribution in [0.4, 0.5) is 5.82 Å². The number of halogens is 1. The van der Waals surface area contributed by atoms with E-state index in [1.165, 1.54) is 0 Å². The number of hydrogen-bond donors (Lipinski definition) is 1. The van der Waals surface area contributed by atoms with Crippen LogP contribution < -0.4 is 4.90 Å². The molecule has 1 aliphatic heterocycles. The number of aliphatic hydroxyl groups is 1. The van der Waals surface area contributed by atoms with Gasteiger partial charge in [-0.25, -0.2) is 4.98 Å². The molecule has 1 aromatic heterocycles. The topological polar surface area (TPSA) is 36.4 Å². The Kier molecular flexibility index (Phi) is 3.59. The Morgan fingerprint density at radius 3 is 3.07 bits per heavy atom. The minimum atomic E-state index is 0.298. The maximum Gasteiger partial charge on any atom is 0.128 e. The highest BCUT2D eigenvalue weighted by molar-refractivity contribution is 9.10. The highest BCUT2D eigenvalue weighted by atomic mass is 79.9. The molecule has 2 heterocycles. The second-order valence-electron chi connectivity index (χ2n) is 3.95. The minimum absolute atomic E-state index is 0.298. The summed E-state index contributed by atoms with van der Waals surface area (Å²) in [4.78, 5) is 6.66. The van der Waals surface area contributed by atoms with Gasteiger partial charge in [0.2, 0.25) is 0 Å². The second-order valence-corrected chi connectivity index (χ2v) is 4.86. The van der Waals surface area contributed by atoms with E-state index in [9.17, 15) is 0 Å². The summed E-state index contributed by atoms with van der Waals surface area (Å²) in [5.74, 6) is 1.67. The Hall–Kier alpha value is -0.610. The van der Waals surface area contributed by atoms with E-state index in [2.05, 4.69) is 25.8 Å². The van der Waals surface area contributed by atoms with Gasteiger partial charge in [-0.15, -0.1) is 0 Å². The third-order valence-electron chi connectivity index (χ3n) is 2.86. The molecular weight excluding hydrogens is 256 g/mol. The van der Waals surface area contributed by atoms with Gasteiger partial charge in [-0.2, -0.15) is 0 Å². The van der Waals surface area contributed by atoms with Gasteiger partial charge in [-0.1, -0.05) is 0 Å². The van der Waals surface area contributed by atoms with Crippen LogP contribution in [0.2, 0.25) is 0 Å². The summed E-state index contributed by atoms with van der Waals surface area (Å²) in [6, 6.07) is 4.05. The van der Waals surface area contributed by atoms with Crippen LogP contribution in [-0.4, -0.2) is 29.8 Å². The van der Waals surface area contributed by atoms with Crippen LogP contribution in [0.25, 0.3) is 0 Å². The fourth-order valence-corrected chi connectivity index (χ4v) is 2.25. The van der Waals surface area contributed by atoms with Crippen LogP contribution in [0, 0.1) is 5.92 Å². The molecule has 0 saturated carbocycles. The zero-order valence-corrected chi connectivity index (χ0v) is 10.2. The number of nitrogens with zero attached hydrogens (tertiary/aromatic N) is 2. The molecule has 82 valence electrons. The summed E-state index contributed by atoms with van der Waals surface area (Å²) in [5.41, 5.74) is 0. The average Bonchev–Trinajstić information content (AvgIpc) is 2.68. The summed E-state index contributed by atoms with van der Waals surface area (Å²) in [6.45, 7) is 2.38. The summed E-state index contributed by atoms with van der Waals surface area (Å²) in [6.07, 6.45) is 3.90. The predicted molar refractivity (Wildman–Crippen MR) is 64.0 cm³/mol. The Morgan fingerprint density at radius 1 is 1.53 bits per heavy atom. The van der Waals surface area contributed by atoms with Gasteiger partial charge in [0.1, 0.15) is 5.82 Å². The van der Waals surface area contributed by atoms with Crippen molar-refractivity contribution in [2.75, 3.05) is 24.6 Å². The number of aromatic nitrogens is 1. The molecular formula is C11H15BrN2O. The first kappa shape index (κ1) is 10.9. The van der Waals surface area contributed by atoms with Crippen LogP contribution in [0.1, 0.15) is 12.8 Å². The van der Waals surface area contributed by atoms with Crippen LogP contribution in [0.3, 0.4) is 0 Å². The van der Waals surface area contributed by atoms with Crippen molar-refractivity contribution in [2.24, 2.45) is 5.92 Å². The highest BCUT2D eigenvalue weighted by Gasteiger charge is 2.22. The smallest absolute Gasteiger partial charge is 0.128 e. The standard InChI is InChI=1S/C11H15BrN2O/c12-10-1-2-11(13-7-10)14-5-3-9(8-14)4-6-15/h1-2,7,9,15H,3-6,8H2. The lowest BCUT2D eigenvalue weighted by atomic mass is 10.1. The van der Waals surface area contributed by atoms with Crippen molar-refractivity contribution >= 4 is 21.7 Å². The van der Waals surface area contributed by atoms with Gasteiger partial charge in [0.15, 0.2) is 0 Å². The van der Waals surface area contributed by atoms with E-state index < -0.39 is 0 Å². The van der Waals surface area contributed by atoms with E-state index in [1.807, 2.05) is 18.3 Å². The zero-order chi connectivity index (χ0) is 10.7. The van der Waals surface area contributed by atoms with Crippen molar-refractivity contribution in [3.8, 4) is 0 Å². The monoisotopic (exact) mass is 270 g/mol. The molecule has 2 rings (SSSR count). The van der Waals surface area contributed by atoms with Gasteiger partial charge in [-0.3, -0.25) is 0 Å². The summed E-state index contributed by atoms with van der Waals surface area (Å²) in [7, 11) is 0. The highest BCUT2D eigenvalue weighted by Crippen LogP contribution is 2.24. The lowest BCUT2D eigenvalue weighted by molar-refractivity contribution is 0.263. The molecule has 0 aliphatic carbocycles. The van der Waals surface area contributed by atoms with Gasteiger partial charge in [0, 0.05) is 30.4 Å². The van der Waals surface area contributed by atoms with Crippen molar-refractivity contribution < 1.29 is 5.11 Å². The fraction of sp³-hybridized carbons (Fsp3) is 0.545. The molecule has 1 aliphatic rings. The lowest BCUT2D eigenvalue weighted by Gasteiger charge is -2.17. The molecule has 4 heteroatoms. The third-order valence-corrected chi connectivity index (χ3v) is 3.33. The largest absolute Gasteiger partial charge is 0.396 e. The molecule has 1 N–H and O–H groups in total. The van der Waals surface area contributed by atoms with E-state index in [0.29, 0.717) is 12.5 Å². The molecule has 1 aromatic rings. The first-order valence-corrected chi connectivity index (χ1v) is 6.06. The molecule has 0 radical (unpaired) electrons. The quantitative estimate of drug-likeness (QED) is 0.914. The van der Waals surface area contributed by atoms with Crippen molar-refractivity contribution in [3.05, 3.63) is 22.8 Å². The summed E-state index contributed by atoms with van der Waals surface area (Å²) >= 11 is 3.38. The van der Waals surface area contributed by atoms with Crippen LogP contribution in [-0.2, 0) is 0 Å². The van der Waals surface area contributed by atoms with E-state index in [1.54, 1.807) is 0 Å². The normalized spacial score (nSPS) is 20.9. The SMILES string of the molecule is OCCC1CCN(c2ccc(Br)cn2)C1. The molecule has 1 fully saturated rings. The molecule has 0 aromatic carbocycles. The third kappa shape index (κ3) is 2.69. The first-order chi connectivity index (χ1) is 7.29. The first-order valence-electron chi connectivity index (χ1n) is 5.27. The van der Waals surface area contributed by atoms with Crippen molar-refractivity contribution in [1.29, 1.82) is 0 Å². The van der Waals surface area contributed by atoms with E-state index in [-0.39, 0.29) is 0 Å². The van der Waals surface area contributed by atoms with Gasteiger partial charge in [0.25, 0.3) is 0 Å². The number of aliphatic hydroxyl groups excluding tert-OH is 1. The number of hydrogen-bond acceptors (Lipinski definition) is 3. The van der Waals surface area contributed by atoms with Crippen molar-refractivity contribution in [3.63, 3.8) is 0 Å². The Labute approximate surface area is 98.3 Å². The lowest BCUT2D eigenvalue weighted by Crippen LogP contribution is -2.20. The molecule has 0 amide bonds. The second kappa shape index (κ2) is 4.94. The van der Waals surface area contributed by atoms with E-state index >= 15 is 0 Å². The zero-order valence-electron chi connectivity index (χ0n) is 8.56. The molecule has 15 heavy (non-hydrogen) atoms. The number of pyridine rings is 1. The minimum Gasteiger partial charge on any atom is -0.396 e. The number of anilines is 1. The fourth-order valence-electron chi connectivity index (χ4n) is 2.01.